The van der Waals surface area contributed by atoms with Crippen LogP contribution in [0.2, 0.25) is 0 Å². The molecule has 1 amide bonds. The zero-order valence-corrected chi connectivity index (χ0v) is 13.7. The van der Waals surface area contributed by atoms with Crippen LogP contribution in [0.5, 0.6) is 0 Å². The fourth-order valence-electron chi connectivity index (χ4n) is 2.79. The van der Waals surface area contributed by atoms with E-state index < -0.39 is 0 Å². The largest absolute Gasteiger partial charge is 0.376 e. The topological polar surface area (TPSA) is 45.7 Å². The predicted octanol–water partition coefficient (Wildman–Crippen LogP) is 1.93. The van der Waals surface area contributed by atoms with Crippen molar-refractivity contribution in [3.05, 3.63) is 30.1 Å². The van der Waals surface area contributed by atoms with E-state index in [-0.39, 0.29) is 12.0 Å². The summed E-state index contributed by atoms with van der Waals surface area (Å²) in [7, 11) is 1.97. The fraction of sp³-hybridized carbons (Fsp3) is 0.647. The van der Waals surface area contributed by atoms with E-state index in [4.69, 9.17) is 4.74 Å². The van der Waals surface area contributed by atoms with Crippen LogP contribution in [0.25, 0.3) is 0 Å². The SMILES string of the molecule is CCN(CC1CCCCO1)C(=O)CN(C)Cc1cccnc1. The number of ether oxygens (including phenoxy) is 1. The van der Waals surface area contributed by atoms with E-state index in [0.717, 1.165) is 44.6 Å². The van der Waals surface area contributed by atoms with Crippen LogP contribution in [-0.4, -0.2) is 60.1 Å². The Labute approximate surface area is 133 Å². The average Bonchev–Trinajstić information content (AvgIpc) is 2.54. The third-order valence-corrected chi connectivity index (χ3v) is 4.01. The molecule has 5 nitrogen and oxygen atoms in total. The van der Waals surface area contributed by atoms with E-state index in [1.54, 1.807) is 6.20 Å². The molecule has 0 spiro atoms. The van der Waals surface area contributed by atoms with E-state index >= 15 is 0 Å². The summed E-state index contributed by atoms with van der Waals surface area (Å²) < 4.78 is 5.75. The molecule has 1 aromatic rings. The minimum absolute atomic E-state index is 0.170. The molecule has 0 saturated carbocycles. The normalized spacial score (nSPS) is 18.4. The first kappa shape index (κ1) is 16.9. The molecule has 0 bridgehead atoms. The lowest BCUT2D eigenvalue weighted by molar-refractivity contribution is -0.134. The minimum atomic E-state index is 0.170. The third-order valence-electron chi connectivity index (χ3n) is 4.01. The van der Waals surface area contributed by atoms with Crippen molar-refractivity contribution in [2.24, 2.45) is 0 Å². The van der Waals surface area contributed by atoms with E-state index in [9.17, 15) is 4.79 Å². The van der Waals surface area contributed by atoms with Gasteiger partial charge in [-0.2, -0.15) is 0 Å². The molecule has 2 rings (SSSR count). The number of nitrogens with zero attached hydrogens (tertiary/aromatic N) is 3. The molecule has 1 atom stereocenters. The summed E-state index contributed by atoms with van der Waals surface area (Å²) in [5, 5.41) is 0. The van der Waals surface area contributed by atoms with Crippen LogP contribution in [0.15, 0.2) is 24.5 Å². The van der Waals surface area contributed by atoms with Gasteiger partial charge in [0.2, 0.25) is 5.91 Å². The monoisotopic (exact) mass is 305 g/mol. The van der Waals surface area contributed by atoms with Crippen molar-refractivity contribution in [3.8, 4) is 0 Å². The highest BCUT2D eigenvalue weighted by molar-refractivity contribution is 5.78. The Kier molecular flexibility index (Phi) is 6.80. The Morgan fingerprint density at radius 2 is 2.32 bits per heavy atom. The van der Waals surface area contributed by atoms with E-state index in [1.807, 2.05) is 42.1 Å². The smallest absolute Gasteiger partial charge is 0.236 e. The second-order valence-electron chi connectivity index (χ2n) is 5.95. The molecular formula is C17H27N3O2. The molecule has 22 heavy (non-hydrogen) atoms. The summed E-state index contributed by atoms with van der Waals surface area (Å²) in [6, 6.07) is 3.95. The van der Waals surface area contributed by atoms with Crippen molar-refractivity contribution in [2.75, 3.05) is 33.3 Å². The Balaban J connectivity index is 1.80. The standard InChI is InChI=1S/C17H27N3O2/c1-3-20(13-16-8-4-5-10-22-16)17(21)14-19(2)12-15-7-6-9-18-11-15/h6-7,9,11,16H,3-5,8,10,12-14H2,1-2H3. The number of carbonyl (C=O) groups is 1. The molecule has 0 N–H and O–H groups in total. The fourth-order valence-corrected chi connectivity index (χ4v) is 2.79. The van der Waals surface area contributed by atoms with Crippen LogP contribution >= 0.6 is 0 Å². The molecule has 1 aliphatic heterocycles. The molecule has 0 aromatic carbocycles. The van der Waals surface area contributed by atoms with Gasteiger partial charge in [0.25, 0.3) is 0 Å². The van der Waals surface area contributed by atoms with Crippen molar-refractivity contribution in [2.45, 2.75) is 38.8 Å². The summed E-state index contributed by atoms with van der Waals surface area (Å²) in [5.41, 5.74) is 1.12. The number of carbonyl (C=O) groups excluding carboxylic acids is 1. The second-order valence-corrected chi connectivity index (χ2v) is 5.95. The molecule has 1 aliphatic rings. The minimum Gasteiger partial charge on any atom is -0.376 e. The number of likely N-dealkylation sites (N-methyl/N-ethyl adjacent to an activating group) is 2. The molecule has 1 unspecified atom stereocenters. The van der Waals surface area contributed by atoms with E-state index in [2.05, 4.69) is 4.98 Å². The van der Waals surface area contributed by atoms with Gasteiger partial charge in [0.05, 0.1) is 12.6 Å². The zero-order valence-electron chi connectivity index (χ0n) is 13.7. The number of rotatable bonds is 7. The van der Waals surface area contributed by atoms with Crippen molar-refractivity contribution < 1.29 is 9.53 Å². The maximum Gasteiger partial charge on any atom is 0.236 e. The Morgan fingerprint density at radius 3 is 2.95 bits per heavy atom. The lowest BCUT2D eigenvalue weighted by Crippen LogP contribution is -2.43. The Hall–Kier alpha value is -1.46. The van der Waals surface area contributed by atoms with Gasteiger partial charge in [0.1, 0.15) is 0 Å². The van der Waals surface area contributed by atoms with E-state index in [0.29, 0.717) is 6.54 Å². The molecule has 0 aliphatic carbocycles. The van der Waals surface area contributed by atoms with Crippen molar-refractivity contribution in [3.63, 3.8) is 0 Å². The first-order valence-corrected chi connectivity index (χ1v) is 8.16. The first-order valence-electron chi connectivity index (χ1n) is 8.16. The second kappa shape index (κ2) is 8.86. The molecule has 0 radical (unpaired) electrons. The van der Waals surface area contributed by atoms with Gasteiger partial charge in [-0.15, -0.1) is 0 Å². The molecule has 1 saturated heterocycles. The number of hydrogen-bond acceptors (Lipinski definition) is 4. The van der Waals surface area contributed by atoms with Gasteiger partial charge in [0.15, 0.2) is 0 Å². The molecule has 2 heterocycles. The van der Waals surface area contributed by atoms with Crippen LogP contribution < -0.4 is 0 Å². The third kappa shape index (κ3) is 5.39. The summed E-state index contributed by atoms with van der Waals surface area (Å²) in [6.45, 7) is 5.47. The highest BCUT2D eigenvalue weighted by Crippen LogP contribution is 2.14. The van der Waals surface area contributed by atoms with Gasteiger partial charge in [-0.05, 0) is 44.9 Å². The maximum absolute atomic E-state index is 12.5. The maximum atomic E-state index is 12.5. The first-order chi connectivity index (χ1) is 10.7. The zero-order chi connectivity index (χ0) is 15.8. The van der Waals surface area contributed by atoms with E-state index in [1.165, 1.54) is 6.42 Å². The molecule has 122 valence electrons. The lowest BCUT2D eigenvalue weighted by atomic mass is 10.1. The van der Waals surface area contributed by atoms with Gasteiger partial charge in [-0.1, -0.05) is 6.07 Å². The Morgan fingerprint density at radius 1 is 1.45 bits per heavy atom. The Bertz CT molecular complexity index is 446. The quantitative estimate of drug-likeness (QED) is 0.772. The molecule has 5 heteroatoms. The number of aromatic nitrogens is 1. The van der Waals surface area contributed by atoms with Gasteiger partial charge < -0.3 is 9.64 Å². The number of amides is 1. The highest BCUT2D eigenvalue weighted by atomic mass is 16.5. The predicted molar refractivity (Wildman–Crippen MR) is 86.4 cm³/mol. The van der Waals surface area contributed by atoms with Crippen LogP contribution in [0.4, 0.5) is 0 Å². The molecule has 1 aromatic heterocycles. The van der Waals surface area contributed by atoms with Gasteiger partial charge >= 0.3 is 0 Å². The lowest BCUT2D eigenvalue weighted by Gasteiger charge is -2.30. The summed E-state index contributed by atoms with van der Waals surface area (Å²) >= 11 is 0. The van der Waals surface area contributed by atoms with Gasteiger partial charge in [-0.25, -0.2) is 0 Å². The molecular weight excluding hydrogens is 278 g/mol. The van der Waals surface area contributed by atoms with Crippen LogP contribution in [0, 0.1) is 0 Å². The average molecular weight is 305 g/mol. The van der Waals surface area contributed by atoms with Crippen LogP contribution in [0.3, 0.4) is 0 Å². The highest BCUT2D eigenvalue weighted by Gasteiger charge is 2.21. The van der Waals surface area contributed by atoms with Crippen molar-refractivity contribution in [1.82, 2.24) is 14.8 Å². The van der Waals surface area contributed by atoms with Crippen molar-refractivity contribution in [1.29, 1.82) is 0 Å². The summed E-state index contributed by atoms with van der Waals surface area (Å²) in [4.78, 5) is 20.5. The summed E-state index contributed by atoms with van der Waals surface area (Å²) in [5.74, 6) is 0.170. The van der Waals surface area contributed by atoms with Crippen LogP contribution in [0.1, 0.15) is 31.7 Å². The molecule has 1 fully saturated rings. The van der Waals surface area contributed by atoms with Crippen molar-refractivity contribution >= 4 is 5.91 Å². The number of pyridine rings is 1. The number of hydrogen-bond donors (Lipinski definition) is 0. The van der Waals surface area contributed by atoms with Gasteiger partial charge in [0, 0.05) is 38.6 Å². The van der Waals surface area contributed by atoms with Crippen LogP contribution in [-0.2, 0) is 16.1 Å². The summed E-state index contributed by atoms with van der Waals surface area (Å²) in [6.07, 6.45) is 7.23. The van der Waals surface area contributed by atoms with Gasteiger partial charge in [-0.3, -0.25) is 14.7 Å².